The molecular formula is C20H24N2O7S. The van der Waals surface area contributed by atoms with Gasteiger partial charge in [-0.15, -0.1) is 0 Å². The van der Waals surface area contributed by atoms with Crippen molar-refractivity contribution >= 4 is 40.7 Å². The van der Waals surface area contributed by atoms with Crippen LogP contribution in [-0.4, -0.2) is 52.7 Å². The van der Waals surface area contributed by atoms with Crippen LogP contribution in [0.5, 0.6) is 0 Å². The van der Waals surface area contributed by atoms with E-state index in [4.69, 9.17) is 15.2 Å². The number of rotatable bonds is 6. The standard InChI is InChI=1S/C20H24N2O7S/c1-9(23)14-13-5-10(11-6-30-7-12(11)16(21)24)15(22(13)17(14)25)18(26)28-8-29-19(27)20(2,3)4/h6-7,9,13-14,23H,5,8H2,1-4H3,(H2,21,24)/t9-,13?,14?/m1/s1. The summed E-state index contributed by atoms with van der Waals surface area (Å²) in [5.41, 5.74) is 5.80. The number of esters is 2. The maximum Gasteiger partial charge on any atom is 0.358 e. The van der Waals surface area contributed by atoms with Gasteiger partial charge in [-0.05, 0) is 45.1 Å². The van der Waals surface area contributed by atoms with Crippen LogP contribution in [0.1, 0.15) is 50.0 Å². The molecule has 10 heteroatoms. The van der Waals surface area contributed by atoms with Crippen LogP contribution in [0.4, 0.5) is 0 Å². The van der Waals surface area contributed by atoms with E-state index in [1.54, 1.807) is 31.5 Å². The fraction of sp³-hybridized carbons (Fsp3) is 0.500. The Morgan fingerprint density at radius 3 is 2.53 bits per heavy atom. The topological polar surface area (TPSA) is 136 Å². The van der Waals surface area contributed by atoms with E-state index in [-0.39, 0.29) is 17.7 Å². The van der Waals surface area contributed by atoms with Gasteiger partial charge in [-0.3, -0.25) is 14.4 Å². The normalized spacial score (nSPS) is 21.8. The number of primary amides is 1. The number of β-lactam (4-membered cyclic amide) rings is 1. The number of carbonyl (C=O) groups is 4. The molecule has 1 fully saturated rings. The number of amides is 2. The number of nitrogens with two attached hydrogens (primary N) is 1. The fourth-order valence-electron chi connectivity index (χ4n) is 3.64. The van der Waals surface area contributed by atoms with Crippen LogP contribution in [0.25, 0.3) is 5.57 Å². The van der Waals surface area contributed by atoms with Gasteiger partial charge in [-0.25, -0.2) is 4.79 Å². The number of carbonyl (C=O) groups excluding carboxylic acids is 4. The molecule has 1 aromatic rings. The van der Waals surface area contributed by atoms with Crippen LogP contribution >= 0.6 is 11.3 Å². The summed E-state index contributed by atoms with van der Waals surface area (Å²) in [6.45, 7) is 5.90. The lowest BCUT2D eigenvalue weighted by atomic mass is 9.82. The second kappa shape index (κ2) is 7.84. The second-order valence-electron chi connectivity index (χ2n) is 8.37. The van der Waals surface area contributed by atoms with E-state index in [0.29, 0.717) is 11.1 Å². The first-order valence-electron chi connectivity index (χ1n) is 9.40. The van der Waals surface area contributed by atoms with E-state index < -0.39 is 54.0 Å². The van der Waals surface area contributed by atoms with Crippen LogP contribution in [0.2, 0.25) is 0 Å². The number of hydrogen-bond donors (Lipinski definition) is 2. The van der Waals surface area contributed by atoms with E-state index >= 15 is 0 Å². The molecule has 30 heavy (non-hydrogen) atoms. The van der Waals surface area contributed by atoms with E-state index in [2.05, 4.69) is 0 Å². The lowest BCUT2D eigenvalue weighted by Gasteiger charge is -2.44. The van der Waals surface area contributed by atoms with E-state index in [1.165, 1.54) is 23.2 Å². The summed E-state index contributed by atoms with van der Waals surface area (Å²) in [5, 5.41) is 13.2. The average Bonchev–Trinajstić information content (AvgIpc) is 3.22. The summed E-state index contributed by atoms with van der Waals surface area (Å²) in [4.78, 5) is 50.4. The maximum absolute atomic E-state index is 12.8. The summed E-state index contributed by atoms with van der Waals surface area (Å²) >= 11 is 1.24. The first-order valence-corrected chi connectivity index (χ1v) is 10.3. The van der Waals surface area contributed by atoms with Crippen LogP contribution < -0.4 is 5.73 Å². The summed E-state index contributed by atoms with van der Waals surface area (Å²) in [7, 11) is 0. The maximum atomic E-state index is 12.8. The van der Waals surface area contributed by atoms with Crippen molar-refractivity contribution in [2.45, 2.75) is 46.3 Å². The minimum atomic E-state index is -0.888. The molecule has 9 nitrogen and oxygen atoms in total. The second-order valence-corrected chi connectivity index (χ2v) is 9.11. The number of ether oxygens (including phenoxy) is 2. The van der Waals surface area contributed by atoms with Gasteiger partial charge in [-0.1, -0.05) is 0 Å². The van der Waals surface area contributed by atoms with E-state index in [1.807, 2.05) is 0 Å². The van der Waals surface area contributed by atoms with E-state index in [0.717, 1.165) is 0 Å². The van der Waals surface area contributed by atoms with Crippen molar-refractivity contribution in [2.75, 3.05) is 6.79 Å². The van der Waals surface area contributed by atoms with E-state index in [9.17, 15) is 24.3 Å². The molecule has 0 saturated carbocycles. The van der Waals surface area contributed by atoms with Gasteiger partial charge in [0.1, 0.15) is 5.70 Å². The molecule has 162 valence electrons. The minimum absolute atomic E-state index is 0.0189. The van der Waals surface area contributed by atoms with Gasteiger partial charge in [0.25, 0.3) is 0 Å². The van der Waals surface area contributed by atoms with Crippen molar-refractivity contribution in [3.63, 3.8) is 0 Å². The summed E-state index contributed by atoms with van der Waals surface area (Å²) < 4.78 is 10.1. The fourth-order valence-corrected chi connectivity index (χ4v) is 4.49. The highest BCUT2D eigenvalue weighted by Gasteiger charge is 2.57. The van der Waals surface area contributed by atoms with Crippen LogP contribution in [0.3, 0.4) is 0 Å². The third kappa shape index (κ3) is 3.72. The Balaban J connectivity index is 1.89. The van der Waals surface area contributed by atoms with Crippen molar-refractivity contribution in [2.24, 2.45) is 17.1 Å². The lowest BCUT2D eigenvalue weighted by Crippen LogP contribution is -2.61. The Hall–Kier alpha value is -2.72. The number of aliphatic hydroxyl groups excluding tert-OH is 1. The smallest absolute Gasteiger partial charge is 0.358 e. The molecule has 3 rings (SSSR count). The number of fused-ring (bicyclic) bond motifs is 1. The predicted octanol–water partition coefficient (Wildman–Crippen LogP) is 1.26. The molecule has 3 N–H and O–H groups in total. The van der Waals surface area contributed by atoms with Crippen LogP contribution in [0.15, 0.2) is 16.5 Å². The average molecular weight is 436 g/mol. The number of thiophene rings is 1. The largest absolute Gasteiger partial charge is 0.427 e. The predicted molar refractivity (Wildman–Crippen MR) is 107 cm³/mol. The van der Waals surface area contributed by atoms with Gasteiger partial charge in [0.2, 0.25) is 18.6 Å². The van der Waals surface area contributed by atoms with Crippen molar-refractivity contribution in [3.05, 3.63) is 27.6 Å². The zero-order valence-corrected chi connectivity index (χ0v) is 17.9. The summed E-state index contributed by atoms with van der Waals surface area (Å²) in [6.07, 6.45) is -0.619. The highest BCUT2D eigenvalue weighted by Crippen LogP contribution is 2.48. The molecule has 2 aliphatic rings. The molecule has 0 aromatic carbocycles. The highest BCUT2D eigenvalue weighted by molar-refractivity contribution is 7.08. The molecule has 0 spiro atoms. The Morgan fingerprint density at radius 2 is 1.97 bits per heavy atom. The molecule has 1 saturated heterocycles. The molecular weight excluding hydrogens is 412 g/mol. The third-order valence-electron chi connectivity index (χ3n) is 5.17. The van der Waals surface area contributed by atoms with Gasteiger partial charge < -0.3 is 25.2 Å². The highest BCUT2D eigenvalue weighted by atomic mass is 32.1. The van der Waals surface area contributed by atoms with Crippen molar-refractivity contribution in [1.29, 1.82) is 0 Å². The molecule has 2 unspecified atom stereocenters. The first-order chi connectivity index (χ1) is 13.9. The zero-order chi connectivity index (χ0) is 22.4. The Morgan fingerprint density at radius 1 is 1.30 bits per heavy atom. The molecule has 0 bridgehead atoms. The SMILES string of the molecule is C[C@@H](O)C1C(=O)N2C(C(=O)OCOC(=O)C(C)(C)C)=C(c3cscc3C(N)=O)CC12. The Kier molecular flexibility index (Phi) is 5.74. The van der Waals surface area contributed by atoms with Crippen LogP contribution in [0, 0.1) is 11.3 Å². The quantitative estimate of drug-likeness (QED) is 0.389. The van der Waals surface area contributed by atoms with Gasteiger partial charge in [0, 0.05) is 10.9 Å². The third-order valence-corrected chi connectivity index (χ3v) is 5.91. The minimum Gasteiger partial charge on any atom is -0.427 e. The Labute approximate surface area is 177 Å². The molecule has 3 atom stereocenters. The van der Waals surface area contributed by atoms with Crippen molar-refractivity contribution < 1.29 is 33.8 Å². The monoisotopic (exact) mass is 436 g/mol. The molecule has 1 aromatic heterocycles. The van der Waals surface area contributed by atoms with Gasteiger partial charge >= 0.3 is 11.9 Å². The van der Waals surface area contributed by atoms with Crippen LogP contribution in [-0.2, 0) is 23.9 Å². The van der Waals surface area contributed by atoms with Crippen molar-refractivity contribution in [1.82, 2.24) is 4.90 Å². The molecule has 2 amide bonds. The zero-order valence-electron chi connectivity index (χ0n) is 17.1. The van der Waals surface area contributed by atoms with Crippen molar-refractivity contribution in [3.8, 4) is 0 Å². The van der Waals surface area contributed by atoms with Gasteiger partial charge in [-0.2, -0.15) is 11.3 Å². The lowest BCUT2D eigenvalue weighted by molar-refractivity contribution is -0.175. The molecule has 0 aliphatic carbocycles. The molecule has 2 aliphatic heterocycles. The summed E-state index contributed by atoms with van der Waals surface area (Å²) in [5.74, 6) is -3.11. The summed E-state index contributed by atoms with van der Waals surface area (Å²) in [6, 6.07) is -0.423. The number of hydrogen-bond acceptors (Lipinski definition) is 8. The van der Waals surface area contributed by atoms with Gasteiger partial charge in [0.05, 0.1) is 29.0 Å². The molecule has 0 radical (unpaired) electrons. The first kappa shape index (κ1) is 22.0. The Bertz CT molecular complexity index is 941. The number of nitrogens with zero attached hydrogens (tertiary/aromatic N) is 1. The number of aliphatic hydroxyl groups is 1. The van der Waals surface area contributed by atoms with Gasteiger partial charge in [0.15, 0.2) is 0 Å². The molecule has 3 heterocycles.